The molecule has 3 heterocycles. The smallest absolute Gasteiger partial charge is 0.270 e. The number of nitrogens with zero attached hydrogens (tertiary/aromatic N) is 2. The Morgan fingerprint density at radius 3 is 2.33 bits per heavy atom. The van der Waals surface area contributed by atoms with Gasteiger partial charge in [-0.2, -0.15) is 0 Å². The summed E-state index contributed by atoms with van der Waals surface area (Å²) in [5, 5.41) is 11.8. The van der Waals surface area contributed by atoms with Crippen LogP contribution >= 0.6 is 11.6 Å². The molecule has 6 rings (SSSR count). The number of carbonyl (C=O) groups excluding carboxylic acids is 5. The minimum absolute atomic E-state index is 0.0565. The van der Waals surface area contributed by atoms with Gasteiger partial charge in [-0.1, -0.05) is 49.7 Å². The van der Waals surface area contributed by atoms with E-state index in [9.17, 15) is 24.0 Å². The molecule has 1 saturated carbocycles. The monoisotopic (exact) mass is 760 g/mol. The number of hydrogen-bond acceptors (Lipinski definition) is 8. The lowest BCUT2D eigenvalue weighted by molar-refractivity contribution is -0.140. The molecule has 0 saturated heterocycles. The summed E-state index contributed by atoms with van der Waals surface area (Å²) in [6.07, 6.45) is 4.04. The first-order valence-corrected chi connectivity index (χ1v) is 18.7. The highest BCUT2D eigenvalue weighted by atomic mass is 35.5. The molecule has 2 aliphatic heterocycles. The Balaban J connectivity index is 1.47. The van der Waals surface area contributed by atoms with Crippen molar-refractivity contribution in [2.45, 2.75) is 77.0 Å². The fourth-order valence-electron chi connectivity index (χ4n) is 6.26. The van der Waals surface area contributed by atoms with E-state index >= 15 is 0 Å². The number of rotatable bonds is 9. The molecule has 2 aromatic carbocycles. The standard InChI is InChI=1S/C40H49ClN6O7/c1-24(2)17-30-23-54-32-14-9-27(10-15-32)19-35(45-37(49)33-16-11-29(41)20-42-33)39(51)46-34(18-26-7-12-31(53-4)13-8-26)38(50)43-25(3)40(52)47(21-28-5-6-28)22-36(48)44-30/h7-16,20,24-25,28,30,34-35H,5-6,17-19,21-23H2,1-4H3,(H,43,50)(H,44,48)(H,45,49)(H,46,51)/t25-,30+,34+,35+/m1/s1. The third-order valence-electron chi connectivity index (χ3n) is 9.30. The molecule has 2 bridgehead atoms. The van der Waals surface area contributed by atoms with Gasteiger partial charge >= 0.3 is 0 Å². The van der Waals surface area contributed by atoms with Crippen LogP contribution in [0.4, 0.5) is 0 Å². The van der Waals surface area contributed by atoms with Crippen LogP contribution in [0.2, 0.25) is 5.02 Å². The molecule has 1 aliphatic carbocycles. The third kappa shape index (κ3) is 11.9. The van der Waals surface area contributed by atoms with Crippen molar-refractivity contribution in [3.05, 3.63) is 88.7 Å². The zero-order chi connectivity index (χ0) is 38.8. The number of benzene rings is 2. The van der Waals surface area contributed by atoms with E-state index in [2.05, 4.69) is 40.1 Å². The van der Waals surface area contributed by atoms with Crippen LogP contribution in [0.15, 0.2) is 66.9 Å². The maximum atomic E-state index is 14.1. The Bertz CT molecular complexity index is 1770. The van der Waals surface area contributed by atoms with E-state index in [-0.39, 0.29) is 55.5 Å². The van der Waals surface area contributed by atoms with Gasteiger partial charge < -0.3 is 35.6 Å². The molecule has 13 nitrogen and oxygen atoms in total. The van der Waals surface area contributed by atoms with Gasteiger partial charge in [0.05, 0.1) is 24.7 Å². The van der Waals surface area contributed by atoms with Gasteiger partial charge in [-0.05, 0) is 85.5 Å². The number of hydrogen-bond donors (Lipinski definition) is 4. The van der Waals surface area contributed by atoms with Crippen molar-refractivity contribution in [3.63, 3.8) is 0 Å². The Kier molecular flexibility index (Phi) is 13.9. The topological polar surface area (TPSA) is 168 Å². The lowest BCUT2D eigenvalue weighted by atomic mass is 10.0. The Morgan fingerprint density at radius 2 is 1.70 bits per heavy atom. The predicted molar refractivity (Wildman–Crippen MR) is 203 cm³/mol. The number of ether oxygens (including phenoxy) is 2. The first kappa shape index (κ1) is 40.0. The van der Waals surface area contributed by atoms with Gasteiger partial charge in [0.1, 0.15) is 41.9 Å². The molecule has 0 radical (unpaired) electrons. The van der Waals surface area contributed by atoms with Gasteiger partial charge in [0.25, 0.3) is 5.91 Å². The molecule has 54 heavy (non-hydrogen) atoms. The van der Waals surface area contributed by atoms with E-state index in [0.717, 1.165) is 12.8 Å². The molecule has 3 aromatic rings. The second-order valence-electron chi connectivity index (χ2n) is 14.4. The molecule has 14 heteroatoms. The van der Waals surface area contributed by atoms with Gasteiger partial charge in [-0.25, -0.2) is 4.98 Å². The van der Waals surface area contributed by atoms with Crippen molar-refractivity contribution in [2.75, 3.05) is 26.8 Å². The fourth-order valence-corrected chi connectivity index (χ4v) is 6.38. The normalized spacial score (nSPS) is 21.8. The second kappa shape index (κ2) is 18.7. The molecule has 4 atom stereocenters. The molecule has 3 aliphatic rings. The summed E-state index contributed by atoms with van der Waals surface area (Å²) in [7, 11) is 1.55. The SMILES string of the molecule is COc1ccc(C[C@@H]2NC(=O)[C@@H](NC(=O)c3ccc(Cl)cn3)Cc3ccc(cc3)OC[C@H](CC(C)C)NC(=O)CN(CC3CC3)C(=O)[C@@H](C)NC2=O)cc1. The van der Waals surface area contributed by atoms with E-state index in [4.69, 9.17) is 21.1 Å². The average Bonchev–Trinajstić information content (AvgIpc) is 3.97. The van der Waals surface area contributed by atoms with Crippen molar-refractivity contribution in [2.24, 2.45) is 11.8 Å². The maximum absolute atomic E-state index is 14.1. The highest BCUT2D eigenvalue weighted by Crippen LogP contribution is 2.30. The predicted octanol–water partition coefficient (Wildman–Crippen LogP) is 3.48. The lowest BCUT2D eigenvalue weighted by Gasteiger charge is -2.29. The van der Waals surface area contributed by atoms with Crippen LogP contribution in [0.1, 0.15) is 61.6 Å². The first-order chi connectivity index (χ1) is 25.9. The van der Waals surface area contributed by atoms with Gasteiger partial charge in [0, 0.05) is 25.6 Å². The molecule has 4 N–H and O–H groups in total. The minimum atomic E-state index is -1.15. The van der Waals surface area contributed by atoms with Crippen LogP contribution in [0.3, 0.4) is 0 Å². The quantitative estimate of drug-likeness (QED) is 0.241. The fraction of sp³-hybridized carbons (Fsp3) is 0.450. The van der Waals surface area contributed by atoms with Crippen LogP contribution in [-0.4, -0.2) is 90.4 Å². The number of aromatic nitrogens is 1. The van der Waals surface area contributed by atoms with Gasteiger partial charge in [0.15, 0.2) is 0 Å². The van der Waals surface area contributed by atoms with Crippen LogP contribution in [-0.2, 0) is 32.0 Å². The molecule has 1 fully saturated rings. The Morgan fingerprint density at radius 1 is 0.981 bits per heavy atom. The van der Waals surface area contributed by atoms with Crippen molar-refractivity contribution >= 4 is 41.1 Å². The largest absolute Gasteiger partial charge is 0.497 e. The summed E-state index contributed by atoms with van der Waals surface area (Å²) in [6.45, 7) is 6.10. The Labute approximate surface area is 320 Å². The van der Waals surface area contributed by atoms with Gasteiger partial charge in [-0.15, -0.1) is 0 Å². The van der Waals surface area contributed by atoms with E-state index in [1.54, 1.807) is 62.6 Å². The minimum Gasteiger partial charge on any atom is -0.497 e. The van der Waals surface area contributed by atoms with Crippen molar-refractivity contribution in [1.82, 2.24) is 31.2 Å². The van der Waals surface area contributed by atoms with Crippen LogP contribution in [0.25, 0.3) is 0 Å². The number of methoxy groups -OCH3 is 1. The second-order valence-corrected chi connectivity index (χ2v) is 14.9. The van der Waals surface area contributed by atoms with Crippen molar-refractivity contribution in [3.8, 4) is 11.5 Å². The highest BCUT2D eigenvalue weighted by Gasteiger charge is 2.34. The molecular weight excluding hydrogens is 712 g/mol. The molecule has 288 valence electrons. The molecule has 0 spiro atoms. The lowest BCUT2D eigenvalue weighted by Crippen LogP contribution is -2.58. The summed E-state index contributed by atoms with van der Waals surface area (Å²) in [4.78, 5) is 74.4. The molecule has 1 aromatic heterocycles. The number of halogens is 1. The first-order valence-electron chi connectivity index (χ1n) is 18.3. The van der Waals surface area contributed by atoms with Crippen molar-refractivity contribution < 1.29 is 33.4 Å². The zero-order valence-corrected chi connectivity index (χ0v) is 31.9. The van der Waals surface area contributed by atoms with Crippen molar-refractivity contribution in [1.29, 1.82) is 0 Å². The summed E-state index contributed by atoms with van der Waals surface area (Å²) >= 11 is 5.98. The van der Waals surface area contributed by atoms with E-state index < -0.39 is 41.8 Å². The number of nitrogens with one attached hydrogen (secondary N) is 4. The summed E-state index contributed by atoms with van der Waals surface area (Å²) in [5.74, 6) is -0.833. The van der Waals surface area contributed by atoms with Crippen LogP contribution in [0.5, 0.6) is 11.5 Å². The number of pyridine rings is 1. The molecular formula is C40H49ClN6O7. The highest BCUT2D eigenvalue weighted by molar-refractivity contribution is 6.30. The summed E-state index contributed by atoms with van der Waals surface area (Å²) < 4.78 is 11.4. The molecule has 5 amide bonds. The maximum Gasteiger partial charge on any atom is 0.270 e. The number of amides is 5. The van der Waals surface area contributed by atoms with Gasteiger partial charge in [-0.3, -0.25) is 24.0 Å². The zero-order valence-electron chi connectivity index (χ0n) is 31.1. The van der Waals surface area contributed by atoms with E-state index in [1.165, 1.54) is 23.2 Å². The number of carbonyl (C=O) groups is 5. The van der Waals surface area contributed by atoms with E-state index in [0.29, 0.717) is 40.6 Å². The molecule has 0 unspecified atom stereocenters. The van der Waals surface area contributed by atoms with Crippen LogP contribution in [0, 0.1) is 11.8 Å². The number of fused-ring (bicyclic) bond motifs is 17. The van der Waals surface area contributed by atoms with Gasteiger partial charge in [0.2, 0.25) is 23.6 Å². The van der Waals surface area contributed by atoms with Crippen LogP contribution < -0.4 is 30.7 Å². The Hall–Kier alpha value is -5.17. The van der Waals surface area contributed by atoms with E-state index in [1.807, 2.05) is 0 Å². The summed E-state index contributed by atoms with van der Waals surface area (Å²) in [5.41, 5.74) is 1.48. The summed E-state index contributed by atoms with van der Waals surface area (Å²) in [6, 6.07) is 13.5. The third-order valence-corrected chi connectivity index (χ3v) is 9.52. The average molecular weight is 761 g/mol.